The molecule has 0 saturated carbocycles. The summed E-state index contributed by atoms with van der Waals surface area (Å²) in [5.74, 6) is -0.488. The van der Waals surface area contributed by atoms with Crippen molar-refractivity contribution in [1.29, 1.82) is 0 Å². The number of benzene rings is 1. The molecule has 0 aliphatic heterocycles. The van der Waals surface area contributed by atoms with Crippen molar-refractivity contribution in [3.8, 4) is 5.75 Å². The van der Waals surface area contributed by atoms with Crippen molar-refractivity contribution in [2.45, 2.75) is 5.57 Å². The maximum atomic E-state index is 12.5. The van der Waals surface area contributed by atoms with Crippen molar-refractivity contribution in [3.63, 3.8) is 0 Å². The van der Waals surface area contributed by atoms with Crippen molar-refractivity contribution in [3.05, 3.63) is 50.3 Å². The zero-order valence-corrected chi connectivity index (χ0v) is 15.1. The first kappa shape index (κ1) is 17.4. The lowest BCUT2D eigenvalue weighted by Gasteiger charge is -2.11. The molecule has 116 valence electrons. The summed E-state index contributed by atoms with van der Waals surface area (Å²) in [4.78, 5) is 16.1. The van der Waals surface area contributed by atoms with E-state index in [1.165, 1.54) is 30.5 Å². The Hall–Kier alpha value is -1.000. The number of amides is 1. The van der Waals surface area contributed by atoms with E-state index in [4.69, 9.17) is 0 Å². The van der Waals surface area contributed by atoms with Gasteiger partial charge in [0.25, 0.3) is 5.91 Å². The lowest BCUT2D eigenvalue weighted by Crippen LogP contribution is -2.16. The van der Waals surface area contributed by atoms with Crippen molar-refractivity contribution in [2.75, 3.05) is 5.32 Å². The van der Waals surface area contributed by atoms with E-state index < -0.39 is 5.57 Å². The van der Waals surface area contributed by atoms with Gasteiger partial charge in [-0.25, -0.2) is 4.98 Å². The van der Waals surface area contributed by atoms with Crippen LogP contribution in [0.5, 0.6) is 5.75 Å². The molecule has 0 saturated heterocycles. The first-order valence-electron chi connectivity index (χ1n) is 5.73. The minimum absolute atomic E-state index is 0.114. The van der Waals surface area contributed by atoms with Crippen LogP contribution in [0.4, 0.5) is 14.5 Å². The summed E-state index contributed by atoms with van der Waals surface area (Å²) < 4.78 is 30.6. The summed E-state index contributed by atoms with van der Waals surface area (Å²) >= 11 is 9.98. The molecule has 0 aliphatic carbocycles. The predicted molar refractivity (Wildman–Crippen MR) is 90.5 cm³/mol. The molecule has 9 heteroatoms. The number of nitrogens with one attached hydrogen (secondary N) is 1. The van der Waals surface area contributed by atoms with Crippen molar-refractivity contribution >= 4 is 61.7 Å². The normalized spacial score (nSPS) is 11.1. The van der Waals surface area contributed by atoms with E-state index in [1.807, 2.05) is 22.6 Å². The lowest BCUT2D eigenvalue weighted by molar-refractivity contribution is -0.0964. The number of anilines is 1. The van der Waals surface area contributed by atoms with Crippen LogP contribution in [0.25, 0.3) is 0 Å². The molecular weight excluding hydrogens is 496 g/mol. The third kappa shape index (κ3) is 5.03. The van der Waals surface area contributed by atoms with Gasteiger partial charge in [-0.1, -0.05) is 0 Å². The smallest absolute Gasteiger partial charge is 0.420 e. The van der Waals surface area contributed by atoms with Crippen LogP contribution in [0.15, 0.2) is 41.0 Å². The highest BCUT2D eigenvalue weighted by molar-refractivity contribution is 14.1. The number of pyridine rings is 1. The van der Waals surface area contributed by atoms with Crippen molar-refractivity contribution in [1.82, 2.24) is 4.98 Å². The Morgan fingerprint density at radius 2 is 2.00 bits per heavy atom. The number of ether oxygens (including phenoxy) is 1. The third-order valence-electron chi connectivity index (χ3n) is 2.40. The Balaban J connectivity index is 2.07. The van der Waals surface area contributed by atoms with Gasteiger partial charge in [0.05, 0.1) is 10.0 Å². The molecular formula is C13H7BrClF2IN2O2. The number of hydrogen-bond acceptors (Lipinski definition) is 3. The van der Waals surface area contributed by atoms with Gasteiger partial charge >= 0.3 is 5.57 Å². The second-order valence-electron chi connectivity index (χ2n) is 4.02. The largest absolute Gasteiger partial charge is 0.487 e. The number of nitrogens with zero attached hydrogens (tertiary/aromatic N) is 1. The topological polar surface area (TPSA) is 51.2 Å². The van der Waals surface area contributed by atoms with Gasteiger partial charge in [-0.05, 0) is 68.9 Å². The lowest BCUT2D eigenvalue weighted by atomic mass is 10.2. The monoisotopic (exact) mass is 502 g/mol. The van der Waals surface area contributed by atoms with Crippen molar-refractivity contribution in [2.24, 2.45) is 0 Å². The number of halogens is 5. The summed E-state index contributed by atoms with van der Waals surface area (Å²) in [6.45, 7) is 0. The number of carbonyl (C=O) groups is 1. The number of carbonyl (C=O) groups excluding carboxylic acids is 1. The zero-order valence-electron chi connectivity index (χ0n) is 10.6. The van der Waals surface area contributed by atoms with Gasteiger partial charge in [-0.3, -0.25) is 4.79 Å². The van der Waals surface area contributed by atoms with Crippen LogP contribution in [0, 0.1) is 3.70 Å². The summed E-state index contributed by atoms with van der Waals surface area (Å²) in [5, 5.41) is 2.62. The molecule has 4 nitrogen and oxygen atoms in total. The van der Waals surface area contributed by atoms with E-state index in [-0.39, 0.29) is 11.7 Å². The number of rotatable bonds is 4. The van der Waals surface area contributed by atoms with E-state index in [0.717, 1.165) is 3.70 Å². The highest BCUT2D eigenvalue weighted by Gasteiger charge is 2.27. The molecule has 2 rings (SSSR count). The molecule has 0 fully saturated rings. The Labute approximate surface area is 151 Å². The van der Waals surface area contributed by atoms with Crippen LogP contribution >= 0.6 is 50.1 Å². The first-order valence-corrected chi connectivity index (χ1v) is 7.98. The second kappa shape index (κ2) is 7.05. The minimum Gasteiger partial charge on any atom is -0.420 e. The molecule has 2 aromatic rings. The maximum Gasteiger partial charge on any atom is 0.487 e. The fourth-order valence-corrected chi connectivity index (χ4v) is 2.22. The zero-order chi connectivity index (χ0) is 16.3. The molecule has 0 unspecified atom stereocenters. The summed E-state index contributed by atoms with van der Waals surface area (Å²) in [6, 6.07) is 7.02. The van der Waals surface area contributed by atoms with Crippen LogP contribution in [-0.4, -0.2) is 16.5 Å². The number of aromatic nitrogens is 1. The molecule has 1 amide bonds. The summed E-state index contributed by atoms with van der Waals surface area (Å²) in [5.41, 5.74) is -2.99. The SMILES string of the molecule is O=C(Nc1ccc(OC(F)(F)Cl)cc1)c1cnc(I)c(Br)c1. The molecule has 0 spiro atoms. The summed E-state index contributed by atoms with van der Waals surface area (Å²) in [6.07, 6.45) is 1.44. The van der Waals surface area contributed by atoms with E-state index in [2.05, 4.69) is 42.6 Å². The Kier molecular flexibility index (Phi) is 5.56. The predicted octanol–water partition coefficient (Wildman–Crippen LogP) is 4.87. The fourth-order valence-electron chi connectivity index (χ4n) is 1.49. The van der Waals surface area contributed by atoms with Crippen LogP contribution in [0.3, 0.4) is 0 Å². The minimum atomic E-state index is -3.77. The van der Waals surface area contributed by atoms with Crippen LogP contribution < -0.4 is 10.1 Å². The highest BCUT2D eigenvalue weighted by Crippen LogP contribution is 2.26. The van der Waals surface area contributed by atoms with Gasteiger partial charge < -0.3 is 10.1 Å². The van der Waals surface area contributed by atoms with E-state index >= 15 is 0 Å². The van der Waals surface area contributed by atoms with Crippen LogP contribution in [-0.2, 0) is 0 Å². The Morgan fingerprint density at radius 3 is 2.55 bits per heavy atom. The summed E-state index contributed by atoms with van der Waals surface area (Å²) in [7, 11) is 0. The van der Waals surface area contributed by atoms with Gasteiger partial charge in [-0.15, -0.1) is 8.78 Å². The van der Waals surface area contributed by atoms with Crippen LogP contribution in [0.2, 0.25) is 0 Å². The van der Waals surface area contributed by atoms with E-state index in [1.54, 1.807) is 6.07 Å². The first-order chi connectivity index (χ1) is 10.2. The maximum absolute atomic E-state index is 12.5. The van der Waals surface area contributed by atoms with Gasteiger partial charge in [-0.2, -0.15) is 0 Å². The molecule has 1 aromatic carbocycles. The van der Waals surface area contributed by atoms with Crippen LogP contribution in [0.1, 0.15) is 10.4 Å². The molecule has 1 aromatic heterocycles. The van der Waals surface area contributed by atoms with Gasteiger partial charge in [0.1, 0.15) is 9.45 Å². The van der Waals surface area contributed by atoms with Gasteiger partial charge in [0, 0.05) is 23.5 Å². The Bertz CT molecular complexity index is 695. The van der Waals surface area contributed by atoms with Gasteiger partial charge in [0.15, 0.2) is 0 Å². The van der Waals surface area contributed by atoms with Gasteiger partial charge in [0.2, 0.25) is 0 Å². The molecule has 0 aliphatic rings. The molecule has 0 radical (unpaired) electrons. The Morgan fingerprint density at radius 1 is 1.36 bits per heavy atom. The quantitative estimate of drug-likeness (QED) is 0.368. The van der Waals surface area contributed by atoms with E-state index in [9.17, 15) is 13.6 Å². The van der Waals surface area contributed by atoms with Crippen molar-refractivity contribution < 1.29 is 18.3 Å². The van der Waals surface area contributed by atoms with E-state index in [0.29, 0.717) is 15.7 Å². The average Bonchev–Trinajstić information content (AvgIpc) is 2.42. The highest BCUT2D eigenvalue weighted by atomic mass is 127. The molecule has 22 heavy (non-hydrogen) atoms. The average molecular weight is 503 g/mol. The standard InChI is InChI=1S/C13H7BrClF2IN2O2/c14-10-5-7(6-19-11(10)18)12(21)20-8-1-3-9(4-2-8)22-13(15,16)17/h1-6H,(H,20,21). The second-order valence-corrected chi connectivity index (χ2v) is 6.34. The molecule has 1 heterocycles. The third-order valence-corrected chi connectivity index (χ3v) is 4.69. The number of hydrogen-bond donors (Lipinski definition) is 1. The molecule has 0 bridgehead atoms. The molecule has 0 atom stereocenters. The molecule has 1 N–H and O–H groups in total. The fraction of sp³-hybridized carbons (Fsp3) is 0.0769. The number of alkyl halides is 3.